The summed E-state index contributed by atoms with van der Waals surface area (Å²) in [6.45, 7) is 10.2. The van der Waals surface area contributed by atoms with Crippen molar-refractivity contribution < 1.29 is 24.6 Å². The fraction of sp³-hybridized carbons (Fsp3) is 0.324. The Morgan fingerprint density at radius 2 is 1.47 bits per heavy atom. The third kappa shape index (κ3) is 8.85. The molecule has 1 heterocycles. The second-order valence-electron chi connectivity index (χ2n) is 12.4. The standard InChI is InChI=1S/C37H43N3O5/c1-24(2)18-34(42)38-30-10-6-8-28(20-30)36(44)32-22-40(23-33(41)27-14-12-26(5)13-15-27)17-16-37(32,45)29-9-7-11-31(21-29)39-35(43)19-25(3)4/h6-15,18-21,32-33,41,45H,16-17,22-23H2,1-5H3,(H,38,42)(H,39,43). The van der Waals surface area contributed by atoms with Gasteiger partial charge in [-0.05, 0) is 76.4 Å². The zero-order valence-corrected chi connectivity index (χ0v) is 26.6. The van der Waals surface area contributed by atoms with Crippen LogP contribution in [0.15, 0.2) is 96.1 Å². The summed E-state index contributed by atoms with van der Waals surface area (Å²) in [6, 6.07) is 21.4. The molecule has 0 aromatic heterocycles. The molecule has 4 rings (SSSR count). The normalized spacial score (nSPS) is 18.8. The molecule has 3 aromatic rings. The summed E-state index contributed by atoms with van der Waals surface area (Å²) in [7, 11) is 0. The van der Waals surface area contributed by atoms with E-state index in [0.717, 1.165) is 22.3 Å². The fourth-order valence-corrected chi connectivity index (χ4v) is 5.65. The summed E-state index contributed by atoms with van der Waals surface area (Å²) in [5, 5.41) is 29.0. The molecule has 1 fully saturated rings. The number of carbonyl (C=O) groups excluding carboxylic acids is 3. The molecule has 45 heavy (non-hydrogen) atoms. The van der Waals surface area contributed by atoms with Crippen LogP contribution in [-0.4, -0.2) is 52.3 Å². The van der Waals surface area contributed by atoms with Gasteiger partial charge in [0.15, 0.2) is 5.78 Å². The second kappa shape index (κ2) is 14.6. The van der Waals surface area contributed by atoms with E-state index < -0.39 is 17.6 Å². The predicted octanol–water partition coefficient (Wildman–Crippen LogP) is 5.93. The fourth-order valence-electron chi connectivity index (χ4n) is 5.65. The number of amides is 2. The van der Waals surface area contributed by atoms with Gasteiger partial charge in [-0.3, -0.25) is 19.3 Å². The van der Waals surface area contributed by atoms with Gasteiger partial charge < -0.3 is 20.8 Å². The molecule has 8 heteroatoms. The summed E-state index contributed by atoms with van der Waals surface area (Å²) in [5.41, 5.74) is 3.87. The lowest BCUT2D eigenvalue weighted by atomic mass is 9.72. The number of nitrogens with one attached hydrogen (secondary N) is 2. The molecule has 0 saturated carbocycles. The number of aliphatic hydroxyl groups excluding tert-OH is 1. The Morgan fingerprint density at radius 1 is 0.889 bits per heavy atom. The van der Waals surface area contributed by atoms with Gasteiger partial charge in [-0.1, -0.05) is 65.2 Å². The molecule has 8 nitrogen and oxygen atoms in total. The number of benzene rings is 3. The summed E-state index contributed by atoms with van der Waals surface area (Å²) in [6.07, 6.45) is 2.44. The van der Waals surface area contributed by atoms with Crippen LogP contribution in [0.5, 0.6) is 0 Å². The van der Waals surface area contributed by atoms with Crippen molar-refractivity contribution in [2.75, 3.05) is 30.3 Å². The van der Waals surface area contributed by atoms with Gasteiger partial charge in [0, 0.05) is 48.7 Å². The minimum Gasteiger partial charge on any atom is -0.387 e. The van der Waals surface area contributed by atoms with Gasteiger partial charge in [0.05, 0.1) is 12.0 Å². The number of hydrogen-bond acceptors (Lipinski definition) is 6. The van der Waals surface area contributed by atoms with Crippen molar-refractivity contribution in [3.05, 3.63) is 118 Å². The molecular formula is C37H43N3O5. The highest BCUT2D eigenvalue weighted by Crippen LogP contribution is 2.41. The van der Waals surface area contributed by atoms with E-state index in [0.29, 0.717) is 35.6 Å². The van der Waals surface area contributed by atoms with Gasteiger partial charge >= 0.3 is 0 Å². The monoisotopic (exact) mass is 609 g/mol. The van der Waals surface area contributed by atoms with Crippen molar-refractivity contribution in [2.45, 2.75) is 52.7 Å². The number of anilines is 2. The molecule has 3 aromatic carbocycles. The summed E-state index contributed by atoms with van der Waals surface area (Å²) < 4.78 is 0. The quantitative estimate of drug-likeness (QED) is 0.167. The maximum Gasteiger partial charge on any atom is 0.248 e. The molecule has 0 aliphatic carbocycles. The Balaban J connectivity index is 1.66. The predicted molar refractivity (Wildman–Crippen MR) is 178 cm³/mol. The van der Waals surface area contributed by atoms with Crippen molar-refractivity contribution in [3.63, 3.8) is 0 Å². The number of piperidine rings is 1. The lowest BCUT2D eigenvalue weighted by Gasteiger charge is -2.45. The van der Waals surface area contributed by atoms with Crippen molar-refractivity contribution in [1.82, 2.24) is 4.90 Å². The van der Waals surface area contributed by atoms with Crippen molar-refractivity contribution in [2.24, 2.45) is 5.92 Å². The molecule has 4 N–H and O–H groups in total. The summed E-state index contributed by atoms with van der Waals surface area (Å²) >= 11 is 0. The maximum absolute atomic E-state index is 14.3. The van der Waals surface area contributed by atoms with Crippen LogP contribution in [-0.2, 0) is 15.2 Å². The van der Waals surface area contributed by atoms with Gasteiger partial charge in [-0.2, -0.15) is 0 Å². The van der Waals surface area contributed by atoms with E-state index in [4.69, 9.17) is 0 Å². The van der Waals surface area contributed by atoms with E-state index in [2.05, 4.69) is 10.6 Å². The third-order valence-electron chi connectivity index (χ3n) is 7.92. The SMILES string of the molecule is CC(C)=CC(=O)Nc1cccc(C(=O)C2CN(CC(O)c3ccc(C)cc3)CCC2(O)c2cccc(NC(=O)C=C(C)C)c2)c1. The number of aryl methyl sites for hydroxylation is 1. The Kier molecular flexibility index (Phi) is 10.9. The molecule has 3 atom stereocenters. The van der Waals surface area contributed by atoms with Gasteiger partial charge in [0.2, 0.25) is 11.8 Å². The third-order valence-corrected chi connectivity index (χ3v) is 7.92. The van der Waals surface area contributed by atoms with E-state index in [1.807, 2.05) is 63.8 Å². The second-order valence-corrected chi connectivity index (χ2v) is 12.4. The molecule has 1 saturated heterocycles. The molecule has 236 valence electrons. The van der Waals surface area contributed by atoms with Crippen LogP contribution in [0.25, 0.3) is 0 Å². The molecule has 2 amide bonds. The number of aliphatic hydroxyl groups is 2. The number of carbonyl (C=O) groups is 3. The summed E-state index contributed by atoms with van der Waals surface area (Å²) in [4.78, 5) is 41.1. The number of ketones is 1. The minimum atomic E-state index is -1.55. The van der Waals surface area contributed by atoms with Gasteiger partial charge in [-0.15, -0.1) is 0 Å². The number of likely N-dealkylation sites (tertiary alicyclic amines) is 1. The average molecular weight is 610 g/mol. The van der Waals surface area contributed by atoms with Crippen LogP contribution in [0.4, 0.5) is 11.4 Å². The maximum atomic E-state index is 14.3. The van der Waals surface area contributed by atoms with Crippen LogP contribution in [0.2, 0.25) is 0 Å². The molecule has 3 unspecified atom stereocenters. The first-order valence-electron chi connectivity index (χ1n) is 15.2. The van der Waals surface area contributed by atoms with Gasteiger partial charge in [0.25, 0.3) is 0 Å². The molecule has 1 aliphatic rings. The largest absolute Gasteiger partial charge is 0.387 e. The van der Waals surface area contributed by atoms with E-state index >= 15 is 0 Å². The smallest absolute Gasteiger partial charge is 0.248 e. The Morgan fingerprint density at radius 3 is 2.07 bits per heavy atom. The van der Waals surface area contributed by atoms with Crippen LogP contribution in [0, 0.1) is 12.8 Å². The number of hydrogen-bond donors (Lipinski definition) is 4. The molecule has 1 aliphatic heterocycles. The highest BCUT2D eigenvalue weighted by molar-refractivity contribution is 6.03. The Labute approximate surface area is 265 Å². The highest BCUT2D eigenvalue weighted by Gasteiger charge is 2.47. The van der Waals surface area contributed by atoms with Gasteiger partial charge in [-0.25, -0.2) is 0 Å². The number of rotatable bonds is 10. The Hall–Kier alpha value is -4.37. The van der Waals surface area contributed by atoms with Crippen molar-refractivity contribution >= 4 is 29.0 Å². The van der Waals surface area contributed by atoms with E-state index in [1.54, 1.807) is 48.5 Å². The lowest BCUT2D eigenvalue weighted by Crippen LogP contribution is -2.53. The van der Waals surface area contributed by atoms with Crippen LogP contribution in [0.1, 0.15) is 67.3 Å². The lowest BCUT2D eigenvalue weighted by molar-refractivity contribution is -0.112. The number of nitrogens with zero attached hydrogens (tertiary/aromatic N) is 1. The first-order chi connectivity index (χ1) is 21.3. The number of allylic oxidation sites excluding steroid dienone is 2. The topological polar surface area (TPSA) is 119 Å². The number of Topliss-reactive ketones (excluding diaryl/α,β-unsaturated/α-hetero) is 1. The van der Waals surface area contributed by atoms with Gasteiger partial charge in [0.1, 0.15) is 5.60 Å². The van der Waals surface area contributed by atoms with Crippen LogP contribution < -0.4 is 10.6 Å². The van der Waals surface area contributed by atoms with E-state index in [-0.39, 0.29) is 30.6 Å². The minimum absolute atomic E-state index is 0.195. The molecule has 0 spiro atoms. The van der Waals surface area contributed by atoms with Crippen molar-refractivity contribution in [3.8, 4) is 0 Å². The van der Waals surface area contributed by atoms with Crippen molar-refractivity contribution in [1.29, 1.82) is 0 Å². The zero-order chi connectivity index (χ0) is 32.7. The van der Waals surface area contributed by atoms with E-state index in [1.165, 1.54) is 12.2 Å². The first kappa shape index (κ1) is 33.5. The van der Waals surface area contributed by atoms with Crippen LogP contribution in [0.3, 0.4) is 0 Å². The molecular weight excluding hydrogens is 566 g/mol. The average Bonchev–Trinajstić information content (AvgIpc) is 2.97. The molecule has 0 radical (unpaired) electrons. The number of β-amino-alcohol motifs (C(OH)–C–C–N with tert-alkyl or cyclic N) is 1. The molecule has 0 bridgehead atoms. The highest BCUT2D eigenvalue weighted by atomic mass is 16.3. The zero-order valence-electron chi connectivity index (χ0n) is 26.6. The van der Waals surface area contributed by atoms with E-state index in [9.17, 15) is 24.6 Å². The Bertz CT molecular complexity index is 1600. The van der Waals surface area contributed by atoms with Crippen LogP contribution >= 0.6 is 0 Å². The first-order valence-corrected chi connectivity index (χ1v) is 15.2. The summed E-state index contributed by atoms with van der Waals surface area (Å²) in [5.74, 6) is -1.76.